The van der Waals surface area contributed by atoms with Crippen molar-refractivity contribution in [1.82, 2.24) is 20.2 Å². The second kappa shape index (κ2) is 4.20. The van der Waals surface area contributed by atoms with Gasteiger partial charge >= 0.3 is 0 Å². The molecular weight excluding hydrogens is 176 g/mol. The molecule has 1 aromatic heterocycles. The molecule has 66 valence electrons. The van der Waals surface area contributed by atoms with Crippen molar-refractivity contribution < 1.29 is 4.79 Å². The monoisotopic (exact) mass is 186 g/mol. The lowest BCUT2D eigenvalue weighted by Crippen LogP contribution is -2.05. The van der Waals surface area contributed by atoms with Crippen molar-refractivity contribution in [3.05, 3.63) is 5.82 Å². The molecule has 0 bridgehead atoms. The third-order valence-electron chi connectivity index (χ3n) is 1.32. The predicted molar refractivity (Wildman–Crippen MR) is 45.7 cm³/mol. The average molecular weight is 186 g/mol. The lowest BCUT2D eigenvalue weighted by atomic mass is 10.6. The molecule has 12 heavy (non-hydrogen) atoms. The van der Waals surface area contributed by atoms with Crippen LogP contribution in [0.3, 0.4) is 0 Å². The number of aryl methyl sites for hydroxylation is 2. The smallest absolute Gasteiger partial charge is 0.185 e. The highest BCUT2D eigenvalue weighted by atomic mass is 32.2. The Balaban J connectivity index is 2.33. The highest BCUT2D eigenvalue weighted by Crippen LogP contribution is 2.01. The second-order valence-corrected chi connectivity index (χ2v) is 3.56. The van der Waals surface area contributed by atoms with Crippen LogP contribution >= 0.6 is 11.8 Å². The molecule has 0 N–H and O–H groups in total. The number of rotatable bonds is 3. The Morgan fingerprint density at radius 2 is 2.42 bits per heavy atom. The van der Waals surface area contributed by atoms with E-state index >= 15 is 0 Å². The summed E-state index contributed by atoms with van der Waals surface area (Å²) in [6.07, 6.45) is 0. The third-order valence-corrected chi connectivity index (χ3v) is 2.11. The maximum Gasteiger partial charge on any atom is 0.185 e. The summed E-state index contributed by atoms with van der Waals surface area (Å²) in [5.74, 6) is 1.50. The zero-order valence-corrected chi connectivity index (χ0v) is 7.84. The molecule has 0 aliphatic heterocycles. The van der Waals surface area contributed by atoms with Crippen LogP contribution in [0.1, 0.15) is 12.7 Å². The normalized spacial score (nSPS) is 10.2. The summed E-state index contributed by atoms with van der Waals surface area (Å²) in [6.45, 7) is 4.07. The van der Waals surface area contributed by atoms with E-state index in [-0.39, 0.29) is 5.12 Å². The van der Waals surface area contributed by atoms with E-state index in [9.17, 15) is 4.79 Å². The number of aromatic nitrogens is 4. The standard InChI is InChI=1S/C6H10N4OS/c1-5-7-8-9-10(5)3-4-12-6(2)11/h3-4H2,1-2H3. The third kappa shape index (κ3) is 2.61. The van der Waals surface area contributed by atoms with Crippen LogP contribution in [0.25, 0.3) is 0 Å². The van der Waals surface area contributed by atoms with Crippen molar-refractivity contribution in [2.75, 3.05) is 5.75 Å². The van der Waals surface area contributed by atoms with Gasteiger partial charge in [0.15, 0.2) is 5.12 Å². The van der Waals surface area contributed by atoms with Gasteiger partial charge in [-0.25, -0.2) is 4.68 Å². The quantitative estimate of drug-likeness (QED) is 0.677. The zero-order chi connectivity index (χ0) is 8.97. The van der Waals surface area contributed by atoms with Crippen molar-refractivity contribution in [1.29, 1.82) is 0 Å². The van der Waals surface area contributed by atoms with Crippen molar-refractivity contribution in [3.63, 3.8) is 0 Å². The molecule has 0 atom stereocenters. The molecule has 1 heterocycles. The molecule has 0 saturated carbocycles. The van der Waals surface area contributed by atoms with E-state index in [0.717, 1.165) is 11.6 Å². The minimum Gasteiger partial charge on any atom is -0.288 e. The van der Waals surface area contributed by atoms with Crippen LogP contribution in [0.2, 0.25) is 0 Å². The fourth-order valence-electron chi connectivity index (χ4n) is 0.732. The molecule has 0 unspecified atom stereocenters. The van der Waals surface area contributed by atoms with Gasteiger partial charge in [-0.2, -0.15) is 0 Å². The minimum absolute atomic E-state index is 0.126. The second-order valence-electron chi connectivity index (χ2n) is 2.29. The molecule has 5 nitrogen and oxygen atoms in total. The van der Waals surface area contributed by atoms with Crippen molar-refractivity contribution in [2.24, 2.45) is 0 Å². The van der Waals surface area contributed by atoms with Crippen LogP contribution in [0, 0.1) is 6.92 Å². The molecule has 0 spiro atoms. The van der Waals surface area contributed by atoms with Crippen molar-refractivity contribution in [3.8, 4) is 0 Å². The topological polar surface area (TPSA) is 60.7 Å². The zero-order valence-electron chi connectivity index (χ0n) is 7.02. The number of carbonyl (C=O) groups excluding carboxylic acids is 1. The molecule has 0 fully saturated rings. The van der Waals surface area contributed by atoms with Gasteiger partial charge in [0.05, 0.1) is 6.54 Å². The Hall–Kier alpha value is -0.910. The van der Waals surface area contributed by atoms with E-state index in [2.05, 4.69) is 15.5 Å². The molecule has 0 aliphatic rings. The fraction of sp³-hybridized carbons (Fsp3) is 0.667. The summed E-state index contributed by atoms with van der Waals surface area (Å²) >= 11 is 1.28. The summed E-state index contributed by atoms with van der Waals surface area (Å²) in [5, 5.41) is 11.1. The van der Waals surface area contributed by atoms with Gasteiger partial charge in [-0.05, 0) is 17.4 Å². The molecule has 0 radical (unpaired) electrons. The largest absolute Gasteiger partial charge is 0.288 e. The summed E-state index contributed by atoms with van der Waals surface area (Å²) in [7, 11) is 0. The number of carbonyl (C=O) groups is 1. The van der Waals surface area contributed by atoms with Crippen LogP contribution in [-0.2, 0) is 11.3 Å². The summed E-state index contributed by atoms with van der Waals surface area (Å²) in [5.41, 5.74) is 0. The SMILES string of the molecule is CC(=O)SCCn1nnnc1C. The predicted octanol–water partition coefficient (Wildman–Crippen LogP) is 0.261. The number of thioether (sulfide) groups is 1. The molecule has 1 aromatic rings. The van der Waals surface area contributed by atoms with Crippen LogP contribution in [-0.4, -0.2) is 31.1 Å². The Morgan fingerprint density at radius 3 is 2.92 bits per heavy atom. The Labute approximate surface area is 74.5 Å². The van der Waals surface area contributed by atoms with Gasteiger partial charge in [0.1, 0.15) is 5.82 Å². The maximum atomic E-state index is 10.6. The van der Waals surface area contributed by atoms with E-state index < -0.39 is 0 Å². The number of tetrazole rings is 1. The van der Waals surface area contributed by atoms with Crippen LogP contribution in [0.15, 0.2) is 0 Å². The van der Waals surface area contributed by atoms with Gasteiger partial charge in [-0.1, -0.05) is 11.8 Å². The Morgan fingerprint density at radius 1 is 1.67 bits per heavy atom. The number of nitrogens with zero attached hydrogens (tertiary/aromatic N) is 4. The van der Waals surface area contributed by atoms with Gasteiger partial charge in [0, 0.05) is 12.7 Å². The summed E-state index contributed by atoms with van der Waals surface area (Å²) in [6, 6.07) is 0. The average Bonchev–Trinajstić information content (AvgIpc) is 2.36. The van der Waals surface area contributed by atoms with Crippen LogP contribution in [0.4, 0.5) is 0 Å². The van der Waals surface area contributed by atoms with Gasteiger partial charge < -0.3 is 0 Å². The van der Waals surface area contributed by atoms with Gasteiger partial charge in [0.2, 0.25) is 0 Å². The molecule has 0 aromatic carbocycles. The number of hydrogen-bond acceptors (Lipinski definition) is 5. The number of hydrogen-bond donors (Lipinski definition) is 0. The first-order chi connectivity index (χ1) is 5.70. The van der Waals surface area contributed by atoms with E-state index in [1.807, 2.05) is 6.92 Å². The van der Waals surface area contributed by atoms with Crippen LogP contribution in [0.5, 0.6) is 0 Å². The first-order valence-electron chi connectivity index (χ1n) is 3.56. The Kier molecular flexibility index (Phi) is 3.21. The molecule has 1 rings (SSSR count). The first-order valence-corrected chi connectivity index (χ1v) is 4.55. The van der Waals surface area contributed by atoms with E-state index in [1.165, 1.54) is 11.8 Å². The van der Waals surface area contributed by atoms with Crippen molar-refractivity contribution in [2.45, 2.75) is 20.4 Å². The summed E-state index contributed by atoms with van der Waals surface area (Å²) < 4.78 is 1.68. The van der Waals surface area contributed by atoms with E-state index in [4.69, 9.17) is 0 Å². The van der Waals surface area contributed by atoms with Gasteiger partial charge in [-0.15, -0.1) is 5.10 Å². The van der Waals surface area contributed by atoms with Gasteiger partial charge in [0.25, 0.3) is 0 Å². The fourth-order valence-corrected chi connectivity index (χ4v) is 1.28. The van der Waals surface area contributed by atoms with E-state index in [1.54, 1.807) is 11.6 Å². The highest BCUT2D eigenvalue weighted by molar-refractivity contribution is 8.13. The van der Waals surface area contributed by atoms with Crippen LogP contribution < -0.4 is 0 Å². The summed E-state index contributed by atoms with van der Waals surface area (Å²) in [4.78, 5) is 10.6. The highest BCUT2D eigenvalue weighted by Gasteiger charge is 2.00. The minimum atomic E-state index is 0.126. The first kappa shape index (κ1) is 9.18. The molecular formula is C6H10N4OS. The Bertz CT molecular complexity index is 272. The van der Waals surface area contributed by atoms with E-state index in [0.29, 0.717) is 6.54 Å². The van der Waals surface area contributed by atoms with Crippen molar-refractivity contribution >= 4 is 16.9 Å². The molecule has 0 saturated heterocycles. The molecule has 0 amide bonds. The van der Waals surface area contributed by atoms with Gasteiger partial charge in [-0.3, -0.25) is 4.79 Å². The maximum absolute atomic E-state index is 10.6. The molecule has 6 heteroatoms. The molecule has 0 aliphatic carbocycles. The lowest BCUT2D eigenvalue weighted by Gasteiger charge is -1.98. The lowest BCUT2D eigenvalue weighted by molar-refractivity contribution is -0.109.